The Morgan fingerprint density at radius 2 is 2.00 bits per heavy atom. The number of carbonyl (C=O) groups excluding carboxylic acids is 1. The van der Waals surface area contributed by atoms with E-state index >= 15 is 0 Å². The van der Waals surface area contributed by atoms with Crippen molar-refractivity contribution in [1.82, 2.24) is 0 Å². The van der Waals surface area contributed by atoms with Crippen molar-refractivity contribution < 1.29 is 4.79 Å². The molecule has 4 nitrogen and oxygen atoms in total. The third-order valence-corrected chi connectivity index (χ3v) is 2.01. The van der Waals surface area contributed by atoms with E-state index in [4.69, 9.17) is 10.5 Å². The highest BCUT2D eigenvalue weighted by Crippen LogP contribution is 2.10. The van der Waals surface area contributed by atoms with Gasteiger partial charge in [0.15, 0.2) is 0 Å². The molecule has 1 rings (SSSR count). The summed E-state index contributed by atoms with van der Waals surface area (Å²) < 4.78 is 0. The number of carbonyl (C=O) groups is 1. The van der Waals surface area contributed by atoms with Gasteiger partial charge < -0.3 is 5.32 Å². The minimum absolute atomic E-state index is 0.177. The predicted octanol–water partition coefficient (Wildman–Crippen LogP) is 2.05. The first-order valence-electron chi connectivity index (χ1n) is 4.85. The molecule has 0 aromatic heterocycles. The molecule has 0 spiro atoms. The molecule has 1 atom stereocenters. The molecule has 1 unspecified atom stereocenters. The molecule has 1 aromatic rings. The zero-order valence-corrected chi connectivity index (χ0v) is 8.90. The Balaban J connectivity index is 2.58. The Morgan fingerprint density at radius 3 is 2.50 bits per heavy atom. The number of nitrogens with zero attached hydrogens (tertiary/aromatic N) is 2. The van der Waals surface area contributed by atoms with Crippen LogP contribution in [0.25, 0.3) is 0 Å². The molecular weight excluding hydrogens is 202 g/mol. The normalized spacial score (nSPS) is 10.9. The van der Waals surface area contributed by atoms with Crippen molar-refractivity contribution in [3.8, 4) is 12.1 Å². The highest BCUT2D eigenvalue weighted by molar-refractivity contribution is 5.91. The first kappa shape index (κ1) is 11.7. The second-order valence-electron chi connectivity index (χ2n) is 3.47. The zero-order valence-electron chi connectivity index (χ0n) is 8.90. The van der Waals surface area contributed by atoms with Gasteiger partial charge in [-0.05, 0) is 31.2 Å². The number of benzene rings is 1. The van der Waals surface area contributed by atoms with Crippen molar-refractivity contribution in [2.45, 2.75) is 13.3 Å². The lowest BCUT2D eigenvalue weighted by molar-refractivity contribution is -0.116. The number of anilines is 1. The quantitative estimate of drug-likeness (QED) is 0.834. The molecule has 0 heterocycles. The lowest BCUT2D eigenvalue weighted by atomic mass is 10.1. The zero-order chi connectivity index (χ0) is 12.0. The van der Waals surface area contributed by atoms with Crippen molar-refractivity contribution in [1.29, 1.82) is 10.5 Å². The Bertz CT molecular complexity index is 451. The van der Waals surface area contributed by atoms with Gasteiger partial charge in [0.1, 0.15) is 0 Å². The number of rotatable bonds is 3. The van der Waals surface area contributed by atoms with Crippen LogP contribution in [-0.2, 0) is 4.79 Å². The Labute approximate surface area is 94.1 Å². The van der Waals surface area contributed by atoms with E-state index in [1.165, 1.54) is 0 Å². The van der Waals surface area contributed by atoms with Crippen molar-refractivity contribution in [2.24, 2.45) is 5.92 Å². The van der Waals surface area contributed by atoms with Crippen LogP contribution in [0.1, 0.15) is 18.9 Å². The van der Waals surface area contributed by atoms with Crippen molar-refractivity contribution in [3.63, 3.8) is 0 Å². The highest BCUT2D eigenvalue weighted by atomic mass is 16.1. The molecule has 0 radical (unpaired) electrons. The Kier molecular flexibility index (Phi) is 4.06. The van der Waals surface area contributed by atoms with E-state index < -0.39 is 0 Å². The molecule has 0 aliphatic heterocycles. The maximum atomic E-state index is 11.4. The van der Waals surface area contributed by atoms with Crippen molar-refractivity contribution in [2.75, 3.05) is 5.32 Å². The van der Waals surface area contributed by atoms with Gasteiger partial charge in [0.05, 0.1) is 23.6 Å². The van der Waals surface area contributed by atoms with E-state index in [0.717, 1.165) is 0 Å². The number of hydrogen-bond acceptors (Lipinski definition) is 3. The fourth-order valence-corrected chi connectivity index (χ4v) is 1.16. The van der Waals surface area contributed by atoms with Crippen molar-refractivity contribution >= 4 is 11.6 Å². The smallest absolute Gasteiger partial charge is 0.225 e. The van der Waals surface area contributed by atoms with Gasteiger partial charge in [-0.15, -0.1) is 0 Å². The molecule has 0 saturated heterocycles. The van der Waals surface area contributed by atoms with Gasteiger partial charge in [0.25, 0.3) is 0 Å². The summed E-state index contributed by atoms with van der Waals surface area (Å²) in [5, 5.41) is 19.8. The van der Waals surface area contributed by atoms with Crippen LogP contribution in [0.3, 0.4) is 0 Å². The summed E-state index contributed by atoms with van der Waals surface area (Å²) in [4.78, 5) is 11.4. The average molecular weight is 213 g/mol. The maximum absolute atomic E-state index is 11.4. The first-order chi connectivity index (χ1) is 7.65. The largest absolute Gasteiger partial charge is 0.326 e. The second-order valence-corrected chi connectivity index (χ2v) is 3.47. The number of amides is 1. The van der Waals surface area contributed by atoms with E-state index in [-0.39, 0.29) is 18.2 Å². The standard InChI is InChI=1S/C12H11N3O/c1-9(7-13)6-12(16)15-11-4-2-10(8-14)3-5-11/h2-5,9H,6H2,1H3,(H,15,16). The summed E-state index contributed by atoms with van der Waals surface area (Å²) >= 11 is 0. The van der Waals surface area contributed by atoms with Crippen LogP contribution in [0.5, 0.6) is 0 Å². The molecule has 0 aliphatic rings. The molecule has 1 aromatic carbocycles. The molecule has 0 saturated carbocycles. The molecule has 1 amide bonds. The molecular formula is C12H11N3O. The topological polar surface area (TPSA) is 76.7 Å². The molecule has 4 heteroatoms. The molecule has 0 bridgehead atoms. The highest BCUT2D eigenvalue weighted by Gasteiger charge is 2.07. The van der Waals surface area contributed by atoms with Crippen LogP contribution in [-0.4, -0.2) is 5.91 Å². The summed E-state index contributed by atoms with van der Waals surface area (Å²) in [6, 6.07) is 10.6. The predicted molar refractivity (Wildman–Crippen MR) is 59.2 cm³/mol. The third-order valence-electron chi connectivity index (χ3n) is 2.01. The average Bonchev–Trinajstić information content (AvgIpc) is 2.29. The van der Waals surface area contributed by atoms with Crippen LogP contribution in [0.15, 0.2) is 24.3 Å². The lowest BCUT2D eigenvalue weighted by Gasteiger charge is -2.05. The van der Waals surface area contributed by atoms with E-state index in [9.17, 15) is 4.79 Å². The van der Waals surface area contributed by atoms with Crippen LogP contribution in [0.2, 0.25) is 0 Å². The summed E-state index contributed by atoms with van der Waals surface area (Å²) in [7, 11) is 0. The van der Waals surface area contributed by atoms with E-state index in [1.807, 2.05) is 12.1 Å². The monoisotopic (exact) mass is 213 g/mol. The van der Waals surface area contributed by atoms with Gasteiger partial charge in [0, 0.05) is 12.1 Å². The van der Waals surface area contributed by atoms with Crippen LogP contribution >= 0.6 is 0 Å². The molecule has 16 heavy (non-hydrogen) atoms. The van der Waals surface area contributed by atoms with Crippen molar-refractivity contribution in [3.05, 3.63) is 29.8 Å². The summed E-state index contributed by atoms with van der Waals surface area (Å²) in [5.74, 6) is -0.489. The maximum Gasteiger partial charge on any atom is 0.225 e. The third kappa shape index (κ3) is 3.43. The van der Waals surface area contributed by atoms with Crippen LogP contribution in [0, 0.1) is 28.6 Å². The summed E-state index contributed by atoms with van der Waals surface area (Å²) in [5.41, 5.74) is 1.18. The van der Waals surface area contributed by atoms with Crippen LogP contribution in [0.4, 0.5) is 5.69 Å². The number of hydrogen-bond donors (Lipinski definition) is 1. The lowest BCUT2D eigenvalue weighted by Crippen LogP contribution is -2.14. The van der Waals surface area contributed by atoms with Gasteiger partial charge >= 0.3 is 0 Å². The second kappa shape index (κ2) is 5.53. The molecule has 0 fully saturated rings. The Hall–Kier alpha value is -2.33. The minimum atomic E-state index is -0.293. The number of nitriles is 2. The first-order valence-corrected chi connectivity index (χ1v) is 4.85. The van der Waals surface area contributed by atoms with Gasteiger partial charge in [0.2, 0.25) is 5.91 Å². The molecule has 0 aliphatic carbocycles. The van der Waals surface area contributed by atoms with E-state index in [0.29, 0.717) is 11.3 Å². The molecule has 1 N–H and O–H groups in total. The van der Waals surface area contributed by atoms with E-state index in [2.05, 4.69) is 5.32 Å². The van der Waals surface area contributed by atoms with Crippen LogP contribution < -0.4 is 5.32 Å². The molecule has 80 valence electrons. The van der Waals surface area contributed by atoms with E-state index in [1.54, 1.807) is 31.2 Å². The Morgan fingerprint density at radius 1 is 1.38 bits per heavy atom. The fraction of sp³-hybridized carbons (Fsp3) is 0.250. The number of nitrogens with one attached hydrogen (secondary N) is 1. The fourth-order valence-electron chi connectivity index (χ4n) is 1.16. The van der Waals surface area contributed by atoms with Gasteiger partial charge in [-0.25, -0.2) is 0 Å². The SMILES string of the molecule is CC(C#N)CC(=O)Nc1ccc(C#N)cc1. The van der Waals surface area contributed by atoms with Gasteiger partial charge in [-0.1, -0.05) is 0 Å². The summed E-state index contributed by atoms with van der Waals surface area (Å²) in [6.07, 6.45) is 0.177. The van der Waals surface area contributed by atoms with Gasteiger partial charge in [-0.3, -0.25) is 4.79 Å². The minimum Gasteiger partial charge on any atom is -0.326 e. The van der Waals surface area contributed by atoms with Gasteiger partial charge in [-0.2, -0.15) is 10.5 Å². The summed E-state index contributed by atoms with van der Waals surface area (Å²) in [6.45, 7) is 1.69.